The number of benzene rings is 2. The third-order valence-electron chi connectivity index (χ3n) is 2.66. The maximum absolute atomic E-state index is 9.00. The lowest BCUT2D eigenvalue weighted by Gasteiger charge is -2.10. The number of aliphatic hydroxyl groups excluding tert-OH is 1. The quantitative estimate of drug-likeness (QED) is 0.834. The van der Waals surface area contributed by atoms with Gasteiger partial charge in [0.05, 0.1) is 0 Å². The summed E-state index contributed by atoms with van der Waals surface area (Å²) in [4.78, 5) is 0. The average Bonchev–Trinajstić information content (AvgIpc) is 2.40. The van der Waals surface area contributed by atoms with Crippen molar-refractivity contribution in [3.63, 3.8) is 0 Å². The van der Waals surface area contributed by atoms with Crippen molar-refractivity contribution in [1.82, 2.24) is 0 Å². The molecule has 0 radical (unpaired) electrons. The topological polar surface area (TPSA) is 29.5 Å². The van der Waals surface area contributed by atoms with E-state index in [1.54, 1.807) is 0 Å². The van der Waals surface area contributed by atoms with Crippen molar-refractivity contribution < 1.29 is 9.84 Å². The fraction of sp³-hybridized carbons (Fsp3) is 0.200. The minimum Gasteiger partial charge on any atom is -0.489 e. The first kappa shape index (κ1) is 13.4. The Bertz CT molecular complexity index is 494. The molecule has 2 aromatic rings. The standard InChI is InChI=1S/C15H15IO2/c16-14-7-5-12(6-8-14)11-18-15-4-2-1-3-13(15)9-10-17/h1-8,17H,9-11H2. The lowest BCUT2D eigenvalue weighted by molar-refractivity contribution is 0.284. The maximum atomic E-state index is 9.00. The van der Waals surface area contributed by atoms with E-state index in [4.69, 9.17) is 9.84 Å². The van der Waals surface area contributed by atoms with Crippen molar-refractivity contribution in [2.75, 3.05) is 6.61 Å². The molecule has 94 valence electrons. The minimum atomic E-state index is 0.143. The predicted octanol–water partition coefficient (Wildman–Crippen LogP) is 3.41. The van der Waals surface area contributed by atoms with E-state index in [2.05, 4.69) is 46.9 Å². The fourth-order valence-corrected chi connectivity index (χ4v) is 2.07. The first-order valence-electron chi connectivity index (χ1n) is 5.85. The molecule has 3 heteroatoms. The molecule has 2 nitrogen and oxygen atoms in total. The second kappa shape index (κ2) is 6.75. The Hall–Kier alpha value is -1.07. The van der Waals surface area contributed by atoms with Crippen LogP contribution in [0.5, 0.6) is 5.75 Å². The normalized spacial score (nSPS) is 10.3. The van der Waals surface area contributed by atoms with E-state index in [9.17, 15) is 0 Å². The van der Waals surface area contributed by atoms with E-state index < -0.39 is 0 Å². The number of rotatable bonds is 5. The van der Waals surface area contributed by atoms with Gasteiger partial charge in [-0.05, 0) is 58.3 Å². The van der Waals surface area contributed by atoms with Crippen LogP contribution in [0.15, 0.2) is 48.5 Å². The first-order valence-corrected chi connectivity index (χ1v) is 6.93. The van der Waals surface area contributed by atoms with Gasteiger partial charge >= 0.3 is 0 Å². The molecule has 18 heavy (non-hydrogen) atoms. The van der Waals surface area contributed by atoms with E-state index in [0.29, 0.717) is 13.0 Å². The summed E-state index contributed by atoms with van der Waals surface area (Å²) in [6, 6.07) is 16.1. The van der Waals surface area contributed by atoms with E-state index in [1.165, 1.54) is 3.57 Å². The highest BCUT2D eigenvalue weighted by atomic mass is 127. The average molecular weight is 354 g/mol. The van der Waals surface area contributed by atoms with Crippen molar-refractivity contribution in [2.24, 2.45) is 0 Å². The summed E-state index contributed by atoms with van der Waals surface area (Å²) in [5.41, 5.74) is 2.19. The molecule has 0 aromatic heterocycles. The molecular formula is C15H15IO2. The Balaban J connectivity index is 2.03. The molecule has 0 aliphatic rings. The summed E-state index contributed by atoms with van der Waals surface area (Å²) in [5, 5.41) is 9.00. The van der Waals surface area contributed by atoms with Crippen LogP contribution < -0.4 is 4.74 Å². The van der Waals surface area contributed by atoms with Gasteiger partial charge in [0.25, 0.3) is 0 Å². The van der Waals surface area contributed by atoms with Gasteiger partial charge in [-0.25, -0.2) is 0 Å². The van der Waals surface area contributed by atoms with Crippen LogP contribution in [0, 0.1) is 3.57 Å². The molecule has 1 N–H and O–H groups in total. The van der Waals surface area contributed by atoms with Gasteiger partial charge in [0.15, 0.2) is 0 Å². The monoisotopic (exact) mass is 354 g/mol. The number of hydrogen-bond donors (Lipinski definition) is 1. The van der Waals surface area contributed by atoms with E-state index >= 15 is 0 Å². The van der Waals surface area contributed by atoms with Crippen LogP contribution in [0.3, 0.4) is 0 Å². The molecule has 0 fully saturated rings. The van der Waals surface area contributed by atoms with Gasteiger partial charge in [0.2, 0.25) is 0 Å². The van der Waals surface area contributed by atoms with Crippen LogP contribution in [-0.2, 0) is 13.0 Å². The molecule has 0 aliphatic carbocycles. The summed E-state index contributed by atoms with van der Waals surface area (Å²) in [5.74, 6) is 0.852. The van der Waals surface area contributed by atoms with Crippen LogP contribution in [0.2, 0.25) is 0 Å². The van der Waals surface area contributed by atoms with Crippen LogP contribution in [0.1, 0.15) is 11.1 Å². The summed E-state index contributed by atoms with van der Waals surface area (Å²) >= 11 is 2.28. The number of ether oxygens (including phenoxy) is 1. The third-order valence-corrected chi connectivity index (χ3v) is 3.38. The smallest absolute Gasteiger partial charge is 0.123 e. The lowest BCUT2D eigenvalue weighted by atomic mass is 10.1. The van der Waals surface area contributed by atoms with Crippen molar-refractivity contribution >= 4 is 22.6 Å². The predicted molar refractivity (Wildman–Crippen MR) is 80.7 cm³/mol. The SMILES string of the molecule is OCCc1ccccc1OCc1ccc(I)cc1. The van der Waals surface area contributed by atoms with E-state index in [0.717, 1.165) is 16.9 Å². The van der Waals surface area contributed by atoms with Gasteiger partial charge in [-0.15, -0.1) is 0 Å². The highest BCUT2D eigenvalue weighted by molar-refractivity contribution is 14.1. The largest absolute Gasteiger partial charge is 0.489 e. The van der Waals surface area contributed by atoms with Crippen LogP contribution in [-0.4, -0.2) is 11.7 Å². The van der Waals surface area contributed by atoms with E-state index in [1.807, 2.05) is 24.3 Å². The Morgan fingerprint density at radius 1 is 1.00 bits per heavy atom. The van der Waals surface area contributed by atoms with Gasteiger partial charge in [-0.1, -0.05) is 30.3 Å². The molecular weight excluding hydrogens is 339 g/mol. The molecule has 2 aromatic carbocycles. The Morgan fingerprint density at radius 3 is 2.44 bits per heavy atom. The highest BCUT2D eigenvalue weighted by Crippen LogP contribution is 2.20. The molecule has 0 bridgehead atoms. The molecule has 0 saturated carbocycles. The Morgan fingerprint density at radius 2 is 1.72 bits per heavy atom. The third kappa shape index (κ3) is 3.71. The number of hydrogen-bond acceptors (Lipinski definition) is 2. The zero-order chi connectivity index (χ0) is 12.8. The molecule has 0 spiro atoms. The van der Waals surface area contributed by atoms with Crippen molar-refractivity contribution in [2.45, 2.75) is 13.0 Å². The molecule has 0 atom stereocenters. The van der Waals surface area contributed by atoms with Crippen molar-refractivity contribution in [3.8, 4) is 5.75 Å². The van der Waals surface area contributed by atoms with Crippen molar-refractivity contribution in [1.29, 1.82) is 0 Å². The maximum Gasteiger partial charge on any atom is 0.123 e. The summed E-state index contributed by atoms with van der Waals surface area (Å²) in [7, 11) is 0. The second-order valence-corrected chi connectivity index (χ2v) is 5.24. The fourth-order valence-electron chi connectivity index (χ4n) is 1.71. The van der Waals surface area contributed by atoms with Crippen LogP contribution in [0.4, 0.5) is 0 Å². The molecule has 2 rings (SSSR count). The zero-order valence-corrected chi connectivity index (χ0v) is 12.1. The number of halogens is 1. The Kier molecular flexibility index (Phi) is 5.01. The van der Waals surface area contributed by atoms with Gasteiger partial charge in [0, 0.05) is 10.2 Å². The molecule has 0 amide bonds. The second-order valence-electron chi connectivity index (χ2n) is 4.00. The zero-order valence-electron chi connectivity index (χ0n) is 9.97. The number of aliphatic hydroxyl groups is 1. The van der Waals surface area contributed by atoms with Crippen molar-refractivity contribution in [3.05, 3.63) is 63.2 Å². The minimum absolute atomic E-state index is 0.143. The van der Waals surface area contributed by atoms with Gasteiger partial charge in [-0.3, -0.25) is 0 Å². The van der Waals surface area contributed by atoms with Gasteiger partial charge in [-0.2, -0.15) is 0 Å². The van der Waals surface area contributed by atoms with Crippen LogP contribution in [0.25, 0.3) is 0 Å². The first-order chi connectivity index (χ1) is 8.79. The summed E-state index contributed by atoms with van der Waals surface area (Å²) < 4.78 is 7.02. The molecule has 0 heterocycles. The summed E-state index contributed by atoms with van der Waals surface area (Å²) in [6.45, 7) is 0.698. The van der Waals surface area contributed by atoms with Gasteiger partial charge in [0.1, 0.15) is 12.4 Å². The summed E-state index contributed by atoms with van der Waals surface area (Å²) in [6.07, 6.45) is 0.628. The molecule has 0 aliphatic heterocycles. The van der Waals surface area contributed by atoms with Gasteiger partial charge < -0.3 is 9.84 Å². The molecule has 0 unspecified atom stereocenters. The Labute approximate surface area is 121 Å². The van der Waals surface area contributed by atoms with Crippen LogP contribution >= 0.6 is 22.6 Å². The number of para-hydroxylation sites is 1. The lowest BCUT2D eigenvalue weighted by Crippen LogP contribution is -2.00. The highest BCUT2D eigenvalue weighted by Gasteiger charge is 2.02. The molecule has 0 saturated heterocycles. The van der Waals surface area contributed by atoms with E-state index in [-0.39, 0.29) is 6.61 Å².